The van der Waals surface area contributed by atoms with Gasteiger partial charge in [-0.15, -0.1) is 13.2 Å². The molecule has 0 aliphatic rings. The molecule has 0 spiro atoms. The molecule has 0 amide bonds. The first kappa shape index (κ1) is 15.0. The molecule has 0 bridgehead atoms. The molecule has 0 unspecified atom stereocenters. The summed E-state index contributed by atoms with van der Waals surface area (Å²) in [6, 6.07) is 0. The van der Waals surface area contributed by atoms with Crippen molar-refractivity contribution in [2.24, 2.45) is 5.73 Å². The van der Waals surface area contributed by atoms with Gasteiger partial charge in [0.15, 0.2) is 0 Å². The number of nitrogens with zero attached hydrogens (tertiary/aromatic N) is 1. The molecule has 1 aromatic rings. The maximum atomic E-state index is 12.2. The van der Waals surface area contributed by atoms with Gasteiger partial charge in [0.05, 0.1) is 19.1 Å². The van der Waals surface area contributed by atoms with Crippen molar-refractivity contribution in [3.05, 3.63) is 17.3 Å². The Bertz CT molecular complexity index is 477. The highest BCUT2D eigenvalue weighted by Gasteiger charge is 2.33. The molecule has 0 fully saturated rings. The molecule has 9 heteroatoms. The summed E-state index contributed by atoms with van der Waals surface area (Å²) in [6.45, 7) is -0.338. The third-order valence-corrected chi connectivity index (χ3v) is 2.12. The molecule has 3 N–H and O–H groups in total. The second kappa shape index (κ2) is 5.74. The van der Waals surface area contributed by atoms with E-state index in [9.17, 15) is 18.0 Å². The Morgan fingerprint density at radius 2 is 2.16 bits per heavy atom. The van der Waals surface area contributed by atoms with Crippen LogP contribution in [-0.2, 0) is 17.8 Å². The van der Waals surface area contributed by atoms with E-state index in [0.717, 1.165) is 6.20 Å². The van der Waals surface area contributed by atoms with Gasteiger partial charge < -0.3 is 20.3 Å². The lowest BCUT2D eigenvalue weighted by molar-refractivity contribution is -0.276. The van der Waals surface area contributed by atoms with Gasteiger partial charge in [0.25, 0.3) is 0 Å². The van der Waals surface area contributed by atoms with Gasteiger partial charge in [-0.3, -0.25) is 4.79 Å². The van der Waals surface area contributed by atoms with E-state index in [1.54, 1.807) is 0 Å². The van der Waals surface area contributed by atoms with Crippen LogP contribution in [0.25, 0.3) is 0 Å². The zero-order valence-electron chi connectivity index (χ0n) is 9.82. The van der Waals surface area contributed by atoms with Gasteiger partial charge in [-0.25, -0.2) is 4.98 Å². The van der Waals surface area contributed by atoms with Gasteiger partial charge in [0, 0.05) is 18.3 Å². The second-order valence-electron chi connectivity index (χ2n) is 3.42. The van der Waals surface area contributed by atoms with E-state index < -0.39 is 24.6 Å². The number of carbonyl (C=O) groups is 1. The summed E-state index contributed by atoms with van der Waals surface area (Å²) in [7, 11) is 1.19. The van der Waals surface area contributed by atoms with Crippen LogP contribution in [0.1, 0.15) is 11.1 Å². The number of hydrogen-bond acceptors (Lipinski definition) is 5. The Morgan fingerprint density at radius 1 is 1.53 bits per heavy atom. The predicted octanol–water partition coefficient (Wildman–Crippen LogP) is 1.07. The fourth-order valence-corrected chi connectivity index (χ4v) is 1.48. The van der Waals surface area contributed by atoms with Crippen molar-refractivity contribution < 1.29 is 32.5 Å². The molecular formula is C10H11F3N2O4. The van der Waals surface area contributed by atoms with Crippen molar-refractivity contribution >= 4 is 5.97 Å². The Labute approximate surface area is 105 Å². The number of methoxy groups -OCH3 is 1. The molecule has 1 heterocycles. The van der Waals surface area contributed by atoms with Crippen LogP contribution < -0.4 is 15.2 Å². The molecule has 1 rings (SSSR count). The number of halogens is 3. The number of aliphatic carboxylic acids is 1. The maximum Gasteiger partial charge on any atom is 0.574 e. The normalized spacial score (nSPS) is 11.2. The largest absolute Gasteiger partial charge is 0.574 e. The topological polar surface area (TPSA) is 94.7 Å². The number of nitrogens with two attached hydrogens (primary N) is 1. The number of carboxylic acid groups (broad SMARTS) is 1. The van der Waals surface area contributed by atoms with E-state index in [4.69, 9.17) is 15.6 Å². The molecule has 0 atom stereocenters. The molecule has 0 aliphatic heterocycles. The number of ether oxygens (including phenoxy) is 2. The second-order valence-corrected chi connectivity index (χ2v) is 3.42. The Kier molecular flexibility index (Phi) is 4.54. The van der Waals surface area contributed by atoms with Gasteiger partial charge in [0.1, 0.15) is 5.75 Å². The quantitative estimate of drug-likeness (QED) is 0.838. The van der Waals surface area contributed by atoms with E-state index in [0.29, 0.717) is 0 Å². The Hall–Kier alpha value is -2.03. The number of aromatic nitrogens is 1. The number of carboxylic acids is 1. The molecule has 19 heavy (non-hydrogen) atoms. The Morgan fingerprint density at radius 3 is 2.58 bits per heavy atom. The first-order chi connectivity index (χ1) is 8.78. The van der Waals surface area contributed by atoms with Crippen molar-refractivity contribution in [1.82, 2.24) is 4.98 Å². The predicted molar refractivity (Wildman–Crippen MR) is 56.7 cm³/mol. The van der Waals surface area contributed by atoms with E-state index in [-0.39, 0.29) is 23.4 Å². The summed E-state index contributed by atoms with van der Waals surface area (Å²) in [4.78, 5) is 14.1. The van der Waals surface area contributed by atoms with Crippen molar-refractivity contribution in [2.45, 2.75) is 19.3 Å². The third kappa shape index (κ3) is 3.98. The maximum absolute atomic E-state index is 12.2. The van der Waals surface area contributed by atoms with Gasteiger partial charge in [-0.05, 0) is 0 Å². The highest BCUT2D eigenvalue weighted by molar-refractivity contribution is 5.71. The van der Waals surface area contributed by atoms with Crippen LogP contribution in [0.2, 0.25) is 0 Å². The fraction of sp³-hybridized carbons (Fsp3) is 0.400. The highest BCUT2D eigenvalue weighted by atomic mass is 19.4. The van der Waals surface area contributed by atoms with Crippen LogP contribution in [-0.4, -0.2) is 29.5 Å². The summed E-state index contributed by atoms with van der Waals surface area (Å²) < 4.78 is 45.1. The van der Waals surface area contributed by atoms with E-state index in [1.807, 2.05) is 0 Å². The summed E-state index contributed by atoms with van der Waals surface area (Å²) in [5, 5.41) is 8.68. The van der Waals surface area contributed by atoms with E-state index in [2.05, 4.69) is 9.72 Å². The third-order valence-electron chi connectivity index (χ3n) is 2.12. The molecule has 0 aliphatic carbocycles. The lowest BCUT2D eigenvalue weighted by Crippen LogP contribution is -2.20. The van der Waals surface area contributed by atoms with Gasteiger partial charge in [0.2, 0.25) is 5.88 Å². The monoisotopic (exact) mass is 280 g/mol. The zero-order chi connectivity index (χ0) is 14.6. The molecule has 106 valence electrons. The van der Waals surface area contributed by atoms with Crippen LogP contribution in [0.3, 0.4) is 0 Å². The smallest absolute Gasteiger partial charge is 0.496 e. The van der Waals surface area contributed by atoms with Crippen LogP contribution >= 0.6 is 0 Å². The van der Waals surface area contributed by atoms with Crippen molar-refractivity contribution in [3.8, 4) is 11.6 Å². The zero-order valence-corrected chi connectivity index (χ0v) is 9.82. The van der Waals surface area contributed by atoms with Gasteiger partial charge >= 0.3 is 12.3 Å². The average molecular weight is 280 g/mol. The van der Waals surface area contributed by atoms with E-state index in [1.165, 1.54) is 7.11 Å². The minimum absolute atomic E-state index is 0.0702. The number of pyridine rings is 1. The average Bonchev–Trinajstić information content (AvgIpc) is 2.27. The van der Waals surface area contributed by atoms with Crippen LogP contribution in [0.5, 0.6) is 11.6 Å². The Balaban J connectivity index is 3.26. The number of alkyl halides is 3. The minimum Gasteiger partial charge on any atom is -0.496 e. The lowest BCUT2D eigenvalue weighted by Gasteiger charge is -2.16. The molecular weight excluding hydrogens is 269 g/mol. The summed E-state index contributed by atoms with van der Waals surface area (Å²) in [5.41, 5.74) is 5.31. The SMILES string of the molecule is COc1c(CC(=O)O)cnc(OC(F)(F)F)c1CN. The minimum atomic E-state index is -4.92. The molecule has 0 saturated carbocycles. The van der Waals surface area contributed by atoms with Crippen molar-refractivity contribution in [1.29, 1.82) is 0 Å². The standard InChI is InChI=1S/C10H11F3N2O4/c1-18-8-5(2-7(16)17)4-15-9(6(8)3-14)19-10(11,12)13/h4H,2-3,14H2,1H3,(H,16,17). The molecule has 0 aromatic carbocycles. The molecule has 0 radical (unpaired) electrons. The van der Waals surface area contributed by atoms with Gasteiger partial charge in [-0.2, -0.15) is 0 Å². The first-order valence-electron chi connectivity index (χ1n) is 5.00. The van der Waals surface area contributed by atoms with Crippen LogP contribution in [0.15, 0.2) is 6.20 Å². The van der Waals surface area contributed by atoms with Crippen molar-refractivity contribution in [2.75, 3.05) is 7.11 Å². The van der Waals surface area contributed by atoms with Gasteiger partial charge in [-0.1, -0.05) is 0 Å². The summed E-state index contributed by atoms with van der Waals surface area (Å²) in [5.74, 6) is -1.99. The lowest BCUT2D eigenvalue weighted by atomic mass is 10.1. The van der Waals surface area contributed by atoms with Crippen LogP contribution in [0.4, 0.5) is 13.2 Å². The molecule has 1 aromatic heterocycles. The number of rotatable bonds is 5. The summed E-state index contributed by atoms with van der Waals surface area (Å²) >= 11 is 0. The number of hydrogen-bond donors (Lipinski definition) is 2. The first-order valence-corrected chi connectivity index (χ1v) is 5.00. The van der Waals surface area contributed by atoms with Crippen molar-refractivity contribution in [3.63, 3.8) is 0 Å². The highest BCUT2D eigenvalue weighted by Crippen LogP contribution is 2.33. The fourth-order valence-electron chi connectivity index (χ4n) is 1.48. The van der Waals surface area contributed by atoms with Crippen LogP contribution in [0, 0.1) is 0 Å². The molecule has 6 nitrogen and oxygen atoms in total. The summed E-state index contributed by atoms with van der Waals surface area (Å²) in [6.07, 6.45) is -4.42. The van der Waals surface area contributed by atoms with E-state index >= 15 is 0 Å². The molecule has 0 saturated heterocycles.